The van der Waals surface area contributed by atoms with Gasteiger partial charge in [-0.1, -0.05) is 0 Å². The topological polar surface area (TPSA) is 46.6 Å². The van der Waals surface area contributed by atoms with E-state index in [1.54, 1.807) is 7.11 Å². The number of hydrogen-bond acceptors (Lipinski definition) is 3. The van der Waals surface area contributed by atoms with Gasteiger partial charge in [0.2, 0.25) is 10.0 Å². The van der Waals surface area contributed by atoms with Gasteiger partial charge >= 0.3 is 0 Å². The number of sulfonamides is 1. The third-order valence-corrected chi connectivity index (χ3v) is 5.72. The van der Waals surface area contributed by atoms with E-state index in [2.05, 4.69) is 0 Å². The van der Waals surface area contributed by atoms with Crippen molar-refractivity contribution in [3.8, 4) is 0 Å². The Morgan fingerprint density at radius 3 is 2.60 bits per heavy atom. The number of halogens is 2. The molecule has 112 valence electrons. The van der Waals surface area contributed by atoms with E-state index in [0.717, 1.165) is 6.07 Å². The van der Waals surface area contributed by atoms with E-state index < -0.39 is 15.8 Å². The van der Waals surface area contributed by atoms with Gasteiger partial charge in [0.15, 0.2) is 0 Å². The maximum absolute atomic E-state index is 13.4. The number of piperidine rings is 1. The van der Waals surface area contributed by atoms with Crippen LogP contribution < -0.4 is 0 Å². The molecule has 0 radical (unpaired) electrons. The number of ether oxygens (including phenoxy) is 1. The van der Waals surface area contributed by atoms with Crippen molar-refractivity contribution in [3.63, 3.8) is 0 Å². The van der Waals surface area contributed by atoms with E-state index in [1.807, 2.05) is 0 Å². The summed E-state index contributed by atoms with van der Waals surface area (Å²) in [5, 5.41) is 0. The second-order valence-electron chi connectivity index (χ2n) is 4.73. The first-order valence-electron chi connectivity index (χ1n) is 6.36. The zero-order valence-electron chi connectivity index (χ0n) is 11.2. The third kappa shape index (κ3) is 3.14. The van der Waals surface area contributed by atoms with E-state index in [-0.39, 0.29) is 22.4 Å². The lowest BCUT2D eigenvalue weighted by molar-refractivity contribution is 0.0604. The molecular formula is C13H17ClFNO3S. The van der Waals surface area contributed by atoms with Gasteiger partial charge in [0.05, 0.1) is 16.9 Å². The highest BCUT2D eigenvalue weighted by atomic mass is 35.5. The molecule has 1 heterocycles. The fraction of sp³-hybridized carbons (Fsp3) is 0.538. The highest BCUT2D eigenvalue weighted by Gasteiger charge is 2.29. The Labute approximate surface area is 123 Å². The largest absolute Gasteiger partial charge is 0.381 e. The van der Waals surface area contributed by atoms with Crippen molar-refractivity contribution in [1.29, 1.82) is 0 Å². The number of benzene rings is 1. The first-order valence-corrected chi connectivity index (χ1v) is 8.34. The first kappa shape index (κ1) is 15.7. The van der Waals surface area contributed by atoms with Crippen LogP contribution in [0, 0.1) is 5.82 Å². The summed E-state index contributed by atoms with van der Waals surface area (Å²) in [5.41, 5.74) is 0.194. The van der Waals surface area contributed by atoms with E-state index in [0.29, 0.717) is 25.9 Å². The van der Waals surface area contributed by atoms with Crippen molar-refractivity contribution in [1.82, 2.24) is 4.31 Å². The fourth-order valence-electron chi connectivity index (χ4n) is 2.27. The first-order chi connectivity index (χ1) is 9.48. The second-order valence-corrected chi connectivity index (χ2v) is 6.93. The second kappa shape index (κ2) is 6.39. The van der Waals surface area contributed by atoms with Crippen LogP contribution in [0.1, 0.15) is 18.4 Å². The van der Waals surface area contributed by atoms with Crippen LogP contribution in [0.2, 0.25) is 0 Å². The number of hydrogen-bond donors (Lipinski definition) is 0. The minimum atomic E-state index is -3.59. The Morgan fingerprint density at radius 2 is 2.05 bits per heavy atom. The summed E-state index contributed by atoms with van der Waals surface area (Å²) in [6, 6.07) is 3.73. The van der Waals surface area contributed by atoms with Gasteiger partial charge in [-0.2, -0.15) is 4.31 Å². The molecule has 1 saturated heterocycles. The SMILES string of the molecule is COC1CCN(S(=O)(=O)c2ccc(F)c(CCl)c2)CC1. The van der Waals surface area contributed by atoms with Crippen molar-refractivity contribution >= 4 is 21.6 Å². The van der Waals surface area contributed by atoms with Crippen LogP contribution in [0.15, 0.2) is 23.1 Å². The number of rotatable bonds is 4. The summed E-state index contributed by atoms with van der Waals surface area (Å²) in [4.78, 5) is 0.0883. The third-order valence-electron chi connectivity index (χ3n) is 3.53. The summed E-state index contributed by atoms with van der Waals surface area (Å²) in [7, 11) is -1.96. The number of nitrogens with zero attached hydrogens (tertiary/aromatic N) is 1. The van der Waals surface area contributed by atoms with Gasteiger partial charge in [0, 0.05) is 25.8 Å². The predicted octanol–water partition coefficient (Wildman–Crippen LogP) is 2.36. The van der Waals surface area contributed by atoms with Crippen LogP contribution in [-0.2, 0) is 20.6 Å². The smallest absolute Gasteiger partial charge is 0.243 e. The lowest BCUT2D eigenvalue weighted by Crippen LogP contribution is -2.40. The van der Waals surface area contributed by atoms with Crippen molar-refractivity contribution < 1.29 is 17.5 Å². The molecule has 1 aliphatic rings. The van der Waals surface area contributed by atoms with Gasteiger partial charge in [-0.05, 0) is 31.0 Å². The van der Waals surface area contributed by atoms with Crippen molar-refractivity contribution in [2.45, 2.75) is 29.7 Å². The van der Waals surface area contributed by atoms with Crippen LogP contribution in [0.5, 0.6) is 0 Å². The van der Waals surface area contributed by atoms with Crippen LogP contribution in [0.25, 0.3) is 0 Å². The Bertz CT molecular complexity index is 571. The molecule has 0 saturated carbocycles. The van der Waals surface area contributed by atoms with Gasteiger partial charge in [-0.15, -0.1) is 11.6 Å². The molecular weight excluding hydrogens is 305 g/mol. The average molecular weight is 322 g/mol. The number of alkyl halides is 1. The molecule has 4 nitrogen and oxygen atoms in total. The molecule has 0 N–H and O–H groups in total. The summed E-state index contributed by atoms with van der Waals surface area (Å²) >= 11 is 5.61. The van der Waals surface area contributed by atoms with Crippen LogP contribution >= 0.6 is 11.6 Å². The standard InChI is InChI=1S/C13H17ClFNO3S/c1-19-11-4-6-16(7-5-11)20(17,18)12-2-3-13(15)10(8-12)9-14/h2-3,8,11H,4-7,9H2,1H3. The van der Waals surface area contributed by atoms with Crippen molar-refractivity contribution in [3.05, 3.63) is 29.6 Å². The minimum Gasteiger partial charge on any atom is -0.381 e. The fourth-order valence-corrected chi connectivity index (χ4v) is 4.00. The normalized spacial score (nSPS) is 18.4. The maximum Gasteiger partial charge on any atom is 0.243 e. The Balaban J connectivity index is 2.22. The molecule has 0 aromatic heterocycles. The van der Waals surface area contributed by atoms with Gasteiger partial charge in [-0.25, -0.2) is 12.8 Å². The highest BCUT2D eigenvalue weighted by molar-refractivity contribution is 7.89. The summed E-state index contributed by atoms with van der Waals surface area (Å²) in [6.45, 7) is 0.822. The molecule has 2 rings (SSSR count). The highest BCUT2D eigenvalue weighted by Crippen LogP contribution is 2.24. The van der Waals surface area contributed by atoms with Crippen LogP contribution in [0.4, 0.5) is 4.39 Å². The molecule has 0 atom stereocenters. The van der Waals surface area contributed by atoms with Gasteiger partial charge in [0.1, 0.15) is 5.82 Å². The minimum absolute atomic E-state index is 0.0546. The zero-order valence-corrected chi connectivity index (χ0v) is 12.8. The lowest BCUT2D eigenvalue weighted by Gasteiger charge is -2.30. The Morgan fingerprint density at radius 1 is 1.40 bits per heavy atom. The summed E-state index contributed by atoms with van der Waals surface area (Å²) in [5.74, 6) is -0.543. The quantitative estimate of drug-likeness (QED) is 0.800. The van der Waals surface area contributed by atoms with E-state index >= 15 is 0 Å². The predicted molar refractivity (Wildman–Crippen MR) is 74.7 cm³/mol. The zero-order chi connectivity index (χ0) is 14.8. The van der Waals surface area contributed by atoms with Gasteiger partial charge in [-0.3, -0.25) is 0 Å². The molecule has 1 aliphatic heterocycles. The molecule has 20 heavy (non-hydrogen) atoms. The van der Waals surface area contributed by atoms with E-state index in [1.165, 1.54) is 16.4 Å². The molecule has 0 amide bonds. The maximum atomic E-state index is 13.4. The monoisotopic (exact) mass is 321 g/mol. The molecule has 0 aliphatic carbocycles. The molecule has 1 aromatic rings. The van der Waals surface area contributed by atoms with E-state index in [4.69, 9.17) is 16.3 Å². The average Bonchev–Trinajstić information content (AvgIpc) is 2.47. The molecule has 7 heteroatoms. The molecule has 0 unspecified atom stereocenters. The molecule has 0 spiro atoms. The Hall–Kier alpha value is -0.690. The molecule has 1 aromatic carbocycles. The summed E-state index contributed by atoms with van der Waals surface area (Å²) in [6.07, 6.45) is 1.44. The molecule has 0 bridgehead atoms. The Kier molecular flexibility index (Phi) is 5.01. The lowest BCUT2D eigenvalue weighted by atomic mass is 10.1. The van der Waals surface area contributed by atoms with Crippen LogP contribution in [-0.4, -0.2) is 39.0 Å². The van der Waals surface area contributed by atoms with Crippen molar-refractivity contribution in [2.24, 2.45) is 0 Å². The molecule has 1 fully saturated rings. The van der Waals surface area contributed by atoms with E-state index in [9.17, 15) is 12.8 Å². The van der Waals surface area contributed by atoms with Crippen LogP contribution in [0.3, 0.4) is 0 Å². The van der Waals surface area contributed by atoms with Gasteiger partial charge < -0.3 is 4.74 Å². The van der Waals surface area contributed by atoms with Gasteiger partial charge in [0.25, 0.3) is 0 Å². The number of methoxy groups -OCH3 is 1. The van der Waals surface area contributed by atoms with Crippen molar-refractivity contribution in [2.75, 3.05) is 20.2 Å². The summed E-state index contributed by atoms with van der Waals surface area (Å²) < 4.78 is 45.0.